The maximum atomic E-state index is 13.6. The highest BCUT2D eigenvalue weighted by molar-refractivity contribution is 6.07. The number of hydrogen-bond acceptors (Lipinski definition) is 7. The zero-order valence-electron chi connectivity index (χ0n) is 38.6. The molecule has 6 aromatic carbocycles. The summed E-state index contributed by atoms with van der Waals surface area (Å²) in [4.78, 5) is 57.8. The van der Waals surface area contributed by atoms with E-state index in [2.05, 4.69) is 53.8 Å². The van der Waals surface area contributed by atoms with E-state index in [0.29, 0.717) is 51.9 Å². The number of benzene rings is 6. The molecule has 0 aliphatic heterocycles. The number of esters is 1. The standard InChI is InChI=1S/C53H64N4O6/c1-52(2,3)62-50(60)32-54-31-44-36-21-13-15-23-38(36)45(39-24-16-14-22-37(39)44)33-55(7)48(58)29-11-10-12-30-49(59)56(8)34-46-40-25-17-19-27-42(40)47(43-28-20-18-26-41(43)46)35-57(9)51(61)63-53(4,5)6/h13-28,54H,10-12,29-35H2,1-9H3. The highest BCUT2D eigenvalue weighted by Crippen LogP contribution is 2.36. The fourth-order valence-electron chi connectivity index (χ4n) is 8.39. The third-order valence-corrected chi connectivity index (χ3v) is 11.3. The normalized spacial score (nSPS) is 11.9. The summed E-state index contributed by atoms with van der Waals surface area (Å²) >= 11 is 0. The fourth-order valence-corrected chi connectivity index (χ4v) is 8.39. The van der Waals surface area contributed by atoms with E-state index >= 15 is 0 Å². The van der Waals surface area contributed by atoms with Gasteiger partial charge in [-0.15, -0.1) is 0 Å². The Balaban J connectivity index is 1.06. The van der Waals surface area contributed by atoms with Crippen molar-refractivity contribution in [2.24, 2.45) is 0 Å². The van der Waals surface area contributed by atoms with E-state index in [1.54, 1.807) is 16.8 Å². The van der Waals surface area contributed by atoms with Gasteiger partial charge in [0.1, 0.15) is 11.2 Å². The number of rotatable bonds is 16. The molecule has 10 heteroatoms. The second-order valence-electron chi connectivity index (χ2n) is 18.7. The predicted molar refractivity (Wildman–Crippen MR) is 254 cm³/mol. The van der Waals surface area contributed by atoms with Gasteiger partial charge in [0, 0.05) is 60.2 Å². The van der Waals surface area contributed by atoms with Gasteiger partial charge in [-0.25, -0.2) is 4.79 Å². The maximum absolute atomic E-state index is 13.6. The van der Waals surface area contributed by atoms with Gasteiger partial charge in [-0.2, -0.15) is 0 Å². The molecule has 0 bridgehead atoms. The lowest BCUT2D eigenvalue weighted by Gasteiger charge is -2.26. The first-order chi connectivity index (χ1) is 29.9. The minimum Gasteiger partial charge on any atom is -0.459 e. The number of nitrogens with one attached hydrogen (secondary N) is 1. The Morgan fingerprint density at radius 2 is 0.778 bits per heavy atom. The van der Waals surface area contributed by atoms with Crippen molar-refractivity contribution in [3.63, 3.8) is 0 Å². The Bertz CT molecular complexity index is 2510. The molecule has 6 aromatic rings. The van der Waals surface area contributed by atoms with Gasteiger partial charge in [0.05, 0.1) is 6.54 Å². The van der Waals surface area contributed by atoms with Crippen molar-refractivity contribution >= 4 is 67.0 Å². The van der Waals surface area contributed by atoms with Crippen molar-refractivity contribution in [3.8, 4) is 0 Å². The van der Waals surface area contributed by atoms with E-state index in [4.69, 9.17) is 9.47 Å². The summed E-state index contributed by atoms with van der Waals surface area (Å²) in [6.45, 7) is 13.0. The van der Waals surface area contributed by atoms with Crippen LogP contribution in [-0.4, -0.2) is 77.5 Å². The molecule has 0 aliphatic carbocycles. The average molecular weight is 853 g/mol. The molecule has 3 amide bonds. The molecule has 63 heavy (non-hydrogen) atoms. The Hall–Kier alpha value is -6.00. The van der Waals surface area contributed by atoms with Crippen LogP contribution in [0.15, 0.2) is 97.1 Å². The van der Waals surface area contributed by atoms with E-state index in [9.17, 15) is 19.2 Å². The molecule has 0 spiro atoms. The SMILES string of the molecule is CN(Cc1c2ccccc2c(CNCC(=O)OC(C)(C)C)c2ccccc12)C(=O)CCCCCC(=O)N(C)Cc1c2ccccc2c(CN(C)C(=O)OC(C)(C)C)c2ccccc12. The molecular formula is C53H64N4O6. The summed E-state index contributed by atoms with van der Waals surface area (Å²) in [7, 11) is 5.48. The third-order valence-electron chi connectivity index (χ3n) is 11.3. The van der Waals surface area contributed by atoms with Crippen molar-refractivity contribution in [3.05, 3.63) is 119 Å². The molecule has 0 unspecified atom stereocenters. The van der Waals surface area contributed by atoms with E-state index in [1.807, 2.05) is 109 Å². The van der Waals surface area contributed by atoms with Gasteiger partial charge in [0.25, 0.3) is 0 Å². The van der Waals surface area contributed by atoms with Crippen molar-refractivity contribution in [2.75, 3.05) is 27.7 Å². The van der Waals surface area contributed by atoms with Crippen LogP contribution in [0.2, 0.25) is 0 Å². The Kier molecular flexibility index (Phi) is 14.8. The molecule has 0 atom stereocenters. The summed E-state index contributed by atoms with van der Waals surface area (Å²) in [5, 5.41) is 11.8. The smallest absolute Gasteiger partial charge is 0.410 e. The number of nitrogens with zero attached hydrogens (tertiary/aromatic N) is 3. The number of ether oxygens (including phenoxy) is 2. The van der Waals surface area contributed by atoms with Crippen LogP contribution in [0, 0.1) is 0 Å². The summed E-state index contributed by atoms with van der Waals surface area (Å²) in [5.74, 6) is -0.173. The second-order valence-corrected chi connectivity index (χ2v) is 18.7. The lowest BCUT2D eigenvalue weighted by Crippen LogP contribution is -2.34. The van der Waals surface area contributed by atoms with Crippen LogP contribution in [-0.2, 0) is 50.0 Å². The van der Waals surface area contributed by atoms with Gasteiger partial charge in [0.15, 0.2) is 0 Å². The van der Waals surface area contributed by atoms with Crippen LogP contribution >= 0.6 is 0 Å². The number of carbonyl (C=O) groups excluding carboxylic acids is 4. The van der Waals surface area contributed by atoms with Crippen LogP contribution in [0.3, 0.4) is 0 Å². The Morgan fingerprint density at radius 3 is 1.11 bits per heavy atom. The number of unbranched alkanes of at least 4 members (excludes halogenated alkanes) is 2. The average Bonchev–Trinajstić information content (AvgIpc) is 3.23. The highest BCUT2D eigenvalue weighted by atomic mass is 16.6. The Morgan fingerprint density at radius 1 is 0.460 bits per heavy atom. The van der Waals surface area contributed by atoms with Gasteiger partial charge in [0.2, 0.25) is 11.8 Å². The molecule has 1 N–H and O–H groups in total. The molecular weight excluding hydrogens is 789 g/mol. The van der Waals surface area contributed by atoms with Gasteiger partial charge in [-0.1, -0.05) is 103 Å². The lowest BCUT2D eigenvalue weighted by molar-refractivity contribution is -0.153. The second kappa shape index (κ2) is 20.0. The number of hydrogen-bond donors (Lipinski definition) is 1. The summed E-state index contributed by atoms with van der Waals surface area (Å²) < 4.78 is 11.2. The molecule has 0 aromatic heterocycles. The van der Waals surface area contributed by atoms with E-state index in [1.165, 1.54) is 0 Å². The van der Waals surface area contributed by atoms with Gasteiger partial charge in [-0.05, 0) is 120 Å². The molecule has 0 saturated heterocycles. The molecule has 10 nitrogen and oxygen atoms in total. The number of amides is 3. The van der Waals surface area contributed by atoms with Crippen molar-refractivity contribution in [2.45, 2.75) is 111 Å². The van der Waals surface area contributed by atoms with E-state index in [-0.39, 0.29) is 30.4 Å². The van der Waals surface area contributed by atoms with Crippen LogP contribution in [0.25, 0.3) is 43.1 Å². The first kappa shape index (κ1) is 46.5. The van der Waals surface area contributed by atoms with Crippen LogP contribution < -0.4 is 5.32 Å². The van der Waals surface area contributed by atoms with Crippen LogP contribution in [0.5, 0.6) is 0 Å². The lowest BCUT2D eigenvalue weighted by atomic mass is 9.91. The van der Waals surface area contributed by atoms with Crippen LogP contribution in [0.1, 0.15) is 95.9 Å². The van der Waals surface area contributed by atoms with Gasteiger partial charge < -0.3 is 29.5 Å². The van der Waals surface area contributed by atoms with E-state index in [0.717, 1.165) is 71.8 Å². The van der Waals surface area contributed by atoms with Crippen molar-refractivity contribution < 1.29 is 28.7 Å². The topological polar surface area (TPSA) is 108 Å². The van der Waals surface area contributed by atoms with Crippen molar-refractivity contribution in [1.82, 2.24) is 20.0 Å². The minimum atomic E-state index is -0.598. The molecule has 6 rings (SSSR count). The van der Waals surface area contributed by atoms with Gasteiger partial charge >= 0.3 is 12.1 Å². The van der Waals surface area contributed by atoms with Crippen LogP contribution in [0.4, 0.5) is 4.79 Å². The summed E-state index contributed by atoms with van der Waals surface area (Å²) in [6, 6.07) is 32.9. The quantitative estimate of drug-likeness (QED) is 0.0587. The Labute approximate surface area is 372 Å². The predicted octanol–water partition coefficient (Wildman–Crippen LogP) is 10.7. The minimum absolute atomic E-state index is 0.0579. The zero-order chi connectivity index (χ0) is 45.5. The molecule has 332 valence electrons. The first-order valence-electron chi connectivity index (χ1n) is 22.1. The molecule has 0 fully saturated rings. The molecule has 0 saturated carbocycles. The molecule has 0 aliphatic rings. The number of fused-ring (bicyclic) bond motifs is 4. The zero-order valence-corrected chi connectivity index (χ0v) is 38.6. The number of carbonyl (C=O) groups is 4. The fraction of sp³-hybridized carbons (Fsp3) is 0.396. The largest absolute Gasteiger partial charge is 0.459 e. The van der Waals surface area contributed by atoms with Gasteiger partial charge in [-0.3, -0.25) is 14.4 Å². The monoisotopic (exact) mass is 852 g/mol. The van der Waals surface area contributed by atoms with Crippen molar-refractivity contribution in [1.29, 1.82) is 0 Å². The molecule has 0 radical (unpaired) electrons. The highest BCUT2D eigenvalue weighted by Gasteiger charge is 2.24. The molecule has 0 heterocycles. The summed E-state index contributed by atoms with van der Waals surface area (Å²) in [6.07, 6.45) is 2.56. The van der Waals surface area contributed by atoms with E-state index < -0.39 is 11.2 Å². The third kappa shape index (κ3) is 11.7. The maximum Gasteiger partial charge on any atom is 0.410 e. The summed E-state index contributed by atoms with van der Waals surface area (Å²) in [5.41, 5.74) is 3.15. The first-order valence-corrected chi connectivity index (χ1v) is 22.1.